The topological polar surface area (TPSA) is 35.6 Å². The van der Waals surface area contributed by atoms with Crippen LogP contribution in [-0.4, -0.2) is 56.0 Å². The molecule has 0 aliphatic carbocycles. The second-order valence-electron chi connectivity index (χ2n) is 5.54. The van der Waals surface area contributed by atoms with E-state index in [4.69, 9.17) is 0 Å². The van der Waals surface area contributed by atoms with E-state index in [2.05, 4.69) is 10.2 Å². The second-order valence-corrected chi connectivity index (χ2v) is 5.54. The maximum Gasteiger partial charge on any atom is 0.228 e. The Bertz CT molecular complexity index is 449. The monoisotopic (exact) mass is 315 g/mol. The first kappa shape index (κ1) is 17.9. The molecule has 1 aromatic rings. The lowest BCUT2D eigenvalue weighted by atomic mass is 10.0. The van der Waals surface area contributed by atoms with Crippen LogP contribution >= 0.6 is 12.4 Å². The van der Waals surface area contributed by atoms with E-state index >= 15 is 0 Å². The summed E-state index contributed by atoms with van der Waals surface area (Å²) >= 11 is 0. The number of nitrogens with one attached hydrogen (secondary N) is 1. The van der Waals surface area contributed by atoms with Gasteiger partial charge in [-0.2, -0.15) is 0 Å². The molecule has 1 aromatic carbocycles. The number of hydrogen-bond acceptors (Lipinski definition) is 3. The number of carbonyl (C=O) groups excluding carboxylic acids is 1. The Morgan fingerprint density at radius 3 is 2.33 bits per heavy atom. The van der Waals surface area contributed by atoms with Crippen LogP contribution in [-0.2, 0) is 11.3 Å². The van der Waals surface area contributed by atoms with Crippen molar-refractivity contribution in [3.05, 3.63) is 35.6 Å². The summed E-state index contributed by atoms with van der Waals surface area (Å²) in [5, 5.41) is 3.13. The molecule has 1 saturated heterocycles. The molecule has 6 heteroatoms. The van der Waals surface area contributed by atoms with Gasteiger partial charge in [-0.25, -0.2) is 4.39 Å². The van der Waals surface area contributed by atoms with Gasteiger partial charge in [0, 0.05) is 32.7 Å². The Balaban J connectivity index is 0.00000220. The lowest BCUT2D eigenvalue weighted by molar-refractivity contribution is -0.137. The Labute approximate surface area is 131 Å². The van der Waals surface area contributed by atoms with E-state index < -0.39 is 0 Å². The normalized spacial score (nSPS) is 14.5. The van der Waals surface area contributed by atoms with Crippen molar-refractivity contribution in [2.24, 2.45) is 5.92 Å². The van der Waals surface area contributed by atoms with Crippen LogP contribution < -0.4 is 5.32 Å². The minimum Gasteiger partial charge on any atom is -0.337 e. The first-order chi connectivity index (χ1) is 9.56. The fourth-order valence-electron chi connectivity index (χ4n) is 2.12. The summed E-state index contributed by atoms with van der Waals surface area (Å²) in [6.45, 7) is 3.59. The minimum absolute atomic E-state index is 0. The zero-order valence-corrected chi connectivity index (χ0v) is 13.3. The quantitative estimate of drug-likeness (QED) is 0.861. The zero-order valence-electron chi connectivity index (χ0n) is 12.5. The number of hydrogen-bond donors (Lipinski definition) is 1. The molecule has 0 bridgehead atoms. The molecular weight excluding hydrogens is 293 g/mol. The van der Waals surface area contributed by atoms with Gasteiger partial charge in [-0.15, -0.1) is 12.4 Å². The molecule has 0 radical (unpaired) electrons. The average Bonchev–Trinajstić information content (AvgIpc) is 2.34. The molecule has 1 amide bonds. The third-order valence-electron chi connectivity index (χ3n) is 3.55. The standard InChI is InChI=1S/C15H22FN3O.ClH/c1-18(2)7-8-19(15(20)13-9-17-10-13)11-12-3-5-14(16)6-4-12;/h3-6,13,17H,7-11H2,1-2H3;1H. The molecule has 21 heavy (non-hydrogen) atoms. The first-order valence-corrected chi connectivity index (χ1v) is 6.95. The number of likely N-dealkylation sites (N-methyl/N-ethyl adjacent to an activating group) is 1. The van der Waals surface area contributed by atoms with Crippen LogP contribution in [0.3, 0.4) is 0 Å². The summed E-state index contributed by atoms with van der Waals surface area (Å²) in [7, 11) is 3.98. The van der Waals surface area contributed by atoms with Crippen LogP contribution in [0.4, 0.5) is 4.39 Å². The Morgan fingerprint density at radius 2 is 1.86 bits per heavy atom. The first-order valence-electron chi connectivity index (χ1n) is 6.95. The van der Waals surface area contributed by atoms with Crippen molar-refractivity contribution in [2.45, 2.75) is 6.54 Å². The molecule has 1 aliphatic heterocycles. The van der Waals surface area contributed by atoms with Gasteiger partial charge in [0.1, 0.15) is 5.82 Å². The van der Waals surface area contributed by atoms with E-state index in [-0.39, 0.29) is 30.0 Å². The predicted octanol–water partition coefficient (Wildman–Crippen LogP) is 1.36. The molecule has 4 nitrogen and oxygen atoms in total. The van der Waals surface area contributed by atoms with E-state index in [1.807, 2.05) is 19.0 Å². The SMILES string of the molecule is CN(C)CCN(Cc1ccc(F)cc1)C(=O)C1CNC1.Cl. The predicted molar refractivity (Wildman–Crippen MR) is 84.0 cm³/mol. The van der Waals surface area contributed by atoms with Crippen molar-refractivity contribution in [1.29, 1.82) is 0 Å². The number of benzene rings is 1. The minimum atomic E-state index is -0.247. The van der Waals surface area contributed by atoms with E-state index in [0.717, 1.165) is 25.2 Å². The second kappa shape index (κ2) is 8.32. The van der Waals surface area contributed by atoms with Gasteiger partial charge in [0.25, 0.3) is 0 Å². The van der Waals surface area contributed by atoms with Crippen LogP contribution in [0, 0.1) is 11.7 Å². The van der Waals surface area contributed by atoms with Gasteiger partial charge in [0.15, 0.2) is 0 Å². The van der Waals surface area contributed by atoms with Gasteiger partial charge in [-0.3, -0.25) is 4.79 Å². The van der Waals surface area contributed by atoms with Crippen LogP contribution in [0.25, 0.3) is 0 Å². The van der Waals surface area contributed by atoms with E-state index in [0.29, 0.717) is 13.1 Å². The molecule has 0 spiro atoms. The van der Waals surface area contributed by atoms with Gasteiger partial charge in [0.05, 0.1) is 5.92 Å². The molecule has 0 saturated carbocycles. The molecule has 0 unspecified atom stereocenters. The molecule has 1 fully saturated rings. The van der Waals surface area contributed by atoms with Gasteiger partial charge in [0.2, 0.25) is 5.91 Å². The highest BCUT2D eigenvalue weighted by Crippen LogP contribution is 2.13. The molecule has 2 rings (SSSR count). The van der Waals surface area contributed by atoms with Crippen LogP contribution in [0.15, 0.2) is 24.3 Å². The van der Waals surface area contributed by atoms with Crippen LogP contribution in [0.2, 0.25) is 0 Å². The van der Waals surface area contributed by atoms with Crippen molar-refractivity contribution >= 4 is 18.3 Å². The van der Waals surface area contributed by atoms with Crippen LogP contribution in [0.1, 0.15) is 5.56 Å². The van der Waals surface area contributed by atoms with Crippen molar-refractivity contribution in [1.82, 2.24) is 15.1 Å². The smallest absolute Gasteiger partial charge is 0.228 e. The fourth-order valence-corrected chi connectivity index (χ4v) is 2.12. The fraction of sp³-hybridized carbons (Fsp3) is 0.533. The van der Waals surface area contributed by atoms with Crippen LogP contribution in [0.5, 0.6) is 0 Å². The Kier molecular flexibility index (Phi) is 7.08. The van der Waals surface area contributed by atoms with Crippen molar-refractivity contribution in [3.8, 4) is 0 Å². The number of carbonyl (C=O) groups is 1. The number of rotatable bonds is 6. The highest BCUT2D eigenvalue weighted by molar-refractivity contribution is 5.85. The molecule has 1 aliphatic rings. The lowest BCUT2D eigenvalue weighted by Crippen LogP contribution is -2.52. The number of nitrogens with zero attached hydrogens (tertiary/aromatic N) is 2. The molecular formula is C15H23ClFN3O. The summed E-state index contributed by atoms with van der Waals surface area (Å²) in [6.07, 6.45) is 0. The third-order valence-corrected chi connectivity index (χ3v) is 3.55. The maximum atomic E-state index is 12.9. The summed E-state index contributed by atoms with van der Waals surface area (Å²) in [6, 6.07) is 6.36. The van der Waals surface area contributed by atoms with E-state index in [9.17, 15) is 9.18 Å². The van der Waals surface area contributed by atoms with Crippen molar-refractivity contribution in [3.63, 3.8) is 0 Å². The van der Waals surface area contributed by atoms with Gasteiger partial charge < -0.3 is 15.1 Å². The molecule has 0 atom stereocenters. The summed E-state index contributed by atoms with van der Waals surface area (Å²) in [5.41, 5.74) is 0.964. The zero-order chi connectivity index (χ0) is 14.5. The number of halogens is 2. The van der Waals surface area contributed by atoms with Gasteiger partial charge in [-0.1, -0.05) is 12.1 Å². The van der Waals surface area contributed by atoms with Crippen molar-refractivity contribution < 1.29 is 9.18 Å². The van der Waals surface area contributed by atoms with Gasteiger partial charge in [-0.05, 0) is 31.8 Å². The van der Waals surface area contributed by atoms with Gasteiger partial charge >= 0.3 is 0 Å². The maximum absolute atomic E-state index is 12.9. The summed E-state index contributed by atoms with van der Waals surface area (Å²) < 4.78 is 12.9. The highest BCUT2D eigenvalue weighted by atomic mass is 35.5. The molecule has 118 valence electrons. The molecule has 0 aromatic heterocycles. The molecule has 1 heterocycles. The average molecular weight is 316 g/mol. The molecule has 1 N–H and O–H groups in total. The third kappa shape index (κ3) is 5.26. The highest BCUT2D eigenvalue weighted by Gasteiger charge is 2.29. The Hall–Kier alpha value is -1.17. The number of amides is 1. The van der Waals surface area contributed by atoms with Crippen molar-refractivity contribution in [2.75, 3.05) is 40.3 Å². The lowest BCUT2D eigenvalue weighted by Gasteiger charge is -2.33. The van der Waals surface area contributed by atoms with E-state index in [1.165, 1.54) is 12.1 Å². The largest absolute Gasteiger partial charge is 0.337 e. The summed E-state index contributed by atoms with van der Waals surface area (Å²) in [4.78, 5) is 16.3. The van der Waals surface area contributed by atoms with E-state index in [1.54, 1.807) is 12.1 Å². The summed E-state index contributed by atoms with van der Waals surface area (Å²) in [5.74, 6) is 0.0376. The Morgan fingerprint density at radius 1 is 1.24 bits per heavy atom.